The lowest BCUT2D eigenvalue weighted by atomic mass is 9.85. The van der Waals surface area contributed by atoms with Crippen LogP contribution in [0.2, 0.25) is 0 Å². The molecule has 208 valence electrons. The van der Waals surface area contributed by atoms with Gasteiger partial charge in [-0.1, -0.05) is 153 Å². The van der Waals surface area contributed by atoms with Crippen LogP contribution in [0.25, 0.3) is 11.1 Å². The molecule has 0 fully saturated rings. The molecule has 5 rings (SSSR count). The summed E-state index contributed by atoms with van der Waals surface area (Å²) in [7, 11) is 0. The quantitative estimate of drug-likeness (QED) is 0.210. The van der Waals surface area contributed by atoms with E-state index in [1.807, 2.05) is 0 Å². The number of rotatable bonds is 8. The van der Waals surface area contributed by atoms with Crippen molar-refractivity contribution in [2.45, 2.75) is 53.4 Å². The topological polar surface area (TPSA) is 0 Å². The van der Waals surface area contributed by atoms with Crippen LogP contribution < -0.4 is 0 Å². The Morgan fingerprint density at radius 3 is 1.51 bits per heavy atom. The van der Waals surface area contributed by atoms with Crippen LogP contribution in [0, 0.1) is 19.8 Å². The Hall–Kier alpha value is -4.16. The van der Waals surface area contributed by atoms with Gasteiger partial charge < -0.3 is 0 Å². The van der Waals surface area contributed by atoms with Gasteiger partial charge in [0.05, 0.1) is 0 Å². The second kappa shape index (κ2) is 14.5. The maximum atomic E-state index is 4.34. The first-order chi connectivity index (χ1) is 19.9. The number of allylic oxidation sites excluding steroid dienone is 5. The number of aryl methyl sites for hydroxylation is 4. The van der Waals surface area contributed by atoms with Gasteiger partial charge in [0.1, 0.15) is 0 Å². The van der Waals surface area contributed by atoms with Crippen LogP contribution in [0.1, 0.15) is 64.8 Å². The van der Waals surface area contributed by atoms with Crippen LogP contribution in [0.3, 0.4) is 0 Å². The van der Waals surface area contributed by atoms with E-state index >= 15 is 0 Å². The van der Waals surface area contributed by atoms with E-state index in [1.165, 1.54) is 55.7 Å². The Kier molecular flexibility index (Phi) is 10.5. The fourth-order valence-electron chi connectivity index (χ4n) is 5.03. The minimum atomic E-state index is 0.416. The summed E-state index contributed by atoms with van der Waals surface area (Å²) in [5, 5.41) is 0. The Bertz CT molecular complexity index is 1490. The molecule has 0 spiro atoms. The van der Waals surface area contributed by atoms with Crippen molar-refractivity contribution in [1.29, 1.82) is 0 Å². The zero-order valence-electron chi connectivity index (χ0n) is 25.3. The van der Waals surface area contributed by atoms with Gasteiger partial charge in [0.15, 0.2) is 0 Å². The molecular weight excluding hydrogens is 492 g/mol. The highest BCUT2D eigenvalue weighted by atomic mass is 14.2. The van der Waals surface area contributed by atoms with E-state index in [4.69, 9.17) is 0 Å². The van der Waals surface area contributed by atoms with Gasteiger partial charge in [0.25, 0.3) is 0 Å². The first-order valence-corrected chi connectivity index (χ1v) is 14.9. The van der Waals surface area contributed by atoms with Crippen molar-refractivity contribution in [3.63, 3.8) is 0 Å². The molecule has 0 radical (unpaired) electrons. The maximum Gasteiger partial charge on any atom is 0.00559 e. The van der Waals surface area contributed by atoms with Crippen LogP contribution >= 0.6 is 0 Å². The molecule has 1 atom stereocenters. The molecule has 0 heteroatoms. The van der Waals surface area contributed by atoms with Crippen molar-refractivity contribution >= 4 is 11.1 Å². The summed E-state index contributed by atoms with van der Waals surface area (Å²) >= 11 is 0. The number of benzene rings is 4. The summed E-state index contributed by atoms with van der Waals surface area (Å²) in [4.78, 5) is 0. The second-order valence-electron chi connectivity index (χ2n) is 11.1. The summed E-state index contributed by atoms with van der Waals surface area (Å²) < 4.78 is 0. The van der Waals surface area contributed by atoms with Crippen LogP contribution in [0.5, 0.6) is 0 Å². The third kappa shape index (κ3) is 8.41. The molecule has 0 aliphatic heterocycles. The molecule has 0 amide bonds. The molecule has 0 heterocycles. The van der Waals surface area contributed by atoms with Crippen molar-refractivity contribution in [3.8, 4) is 0 Å². The first kappa shape index (κ1) is 29.8. The van der Waals surface area contributed by atoms with Crippen molar-refractivity contribution in [1.82, 2.24) is 0 Å². The largest absolute Gasteiger partial charge is 0.0946 e. The molecule has 0 N–H and O–H groups in total. The SMILES string of the molecule is C=C(c1ccc(C)cc1)c1ccc(CC)cc1.C=C(c1ccc(CC)cc1)C1C=CC(Cc2ccc(C)cc2)=CC1. The fraction of sp³-hybridized carbons (Fsp3) is 0.220. The Labute approximate surface area is 248 Å². The minimum absolute atomic E-state index is 0.416. The first-order valence-electron chi connectivity index (χ1n) is 14.9. The maximum absolute atomic E-state index is 4.34. The van der Waals surface area contributed by atoms with Crippen LogP contribution in [0.4, 0.5) is 0 Å². The Morgan fingerprint density at radius 2 is 1.05 bits per heavy atom. The molecular formula is C41H44. The van der Waals surface area contributed by atoms with Gasteiger partial charge in [-0.3, -0.25) is 0 Å². The summed E-state index contributed by atoms with van der Waals surface area (Å²) in [5.74, 6) is 0.416. The minimum Gasteiger partial charge on any atom is -0.0946 e. The molecule has 41 heavy (non-hydrogen) atoms. The fourth-order valence-corrected chi connectivity index (χ4v) is 5.03. The highest BCUT2D eigenvalue weighted by Gasteiger charge is 2.14. The third-order valence-corrected chi connectivity index (χ3v) is 8.00. The smallest absolute Gasteiger partial charge is 0.00559 e. The molecule has 0 saturated heterocycles. The molecule has 0 aromatic heterocycles. The molecule has 4 aromatic carbocycles. The van der Waals surface area contributed by atoms with Gasteiger partial charge >= 0.3 is 0 Å². The van der Waals surface area contributed by atoms with Crippen LogP contribution in [-0.4, -0.2) is 0 Å². The molecule has 0 saturated carbocycles. The highest BCUT2D eigenvalue weighted by molar-refractivity contribution is 5.78. The zero-order chi connectivity index (χ0) is 29.2. The number of hydrogen-bond donors (Lipinski definition) is 0. The van der Waals surface area contributed by atoms with E-state index < -0.39 is 0 Å². The van der Waals surface area contributed by atoms with E-state index in [0.717, 1.165) is 31.3 Å². The van der Waals surface area contributed by atoms with Gasteiger partial charge in [0.2, 0.25) is 0 Å². The van der Waals surface area contributed by atoms with Gasteiger partial charge in [-0.25, -0.2) is 0 Å². The summed E-state index contributed by atoms with van der Waals surface area (Å²) in [6.07, 6.45) is 11.2. The molecule has 1 aliphatic carbocycles. The summed E-state index contributed by atoms with van der Waals surface area (Å²) in [6.45, 7) is 17.1. The lowest BCUT2D eigenvalue weighted by Gasteiger charge is -2.19. The standard InChI is InChI=1S/C24H26.C17H18/c1-4-20-9-13-23(14-10-20)19(3)24-15-11-22(12-16-24)17-21-7-5-18(2)6-8-21;1-4-15-7-11-17(12-8-15)14(3)16-9-5-13(2)6-10-16/h5-15,24H,3-4,16-17H2,1-2H3;5-12H,3-4H2,1-2H3. The molecule has 0 nitrogen and oxygen atoms in total. The number of hydrogen-bond acceptors (Lipinski definition) is 0. The molecule has 4 aromatic rings. The highest BCUT2D eigenvalue weighted by Crippen LogP contribution is 2.30. The summed E-state index contributed by atoms with van der Waals surface area (Å²) in [6, 6.07) is 34.8. The van der Waals surface area contributed by atoms with E-state index in [9.17, 15) is 0 Å². The molecule has 0 bridgehead atoms. The predicted octanol–water partition coefficient (Wildman–Crippen LogP) is 10.9. The van der Waals surface area contributed by atoms with E-state index in [1.54, 1.807) is 0 Å². The molecule has 1 unspecified atom stereocenters. The lowest BCUT2D eigenvalue weighted by molar-refractivity contribution is 0.830. The van der Waals surface area contributed by atoms with E-state index in [2.05, 4.69) is 156 Å². The second-order valence-corrected chi connectivity index (χ2v) is 11.1. The normalized spacial score (nSPS) is 14.0. The van der Waals surface area contributed by atoms with Crippen LogP contribution in [0.15, 0.2) is 134 Å². The van der Waals surface area contributed by atoms with Crippen molar-refractivity contribution in [3.05, 3.63) is 179 Å². The van der Waals surface area contributed by atoms with Crippen LogP contribution in [-0.2, 0) is 19.3 Å². The third-order valence-electron chi connectivity index (χ3n) is 8.00. The average molecular weight is 537 g/mol. The average Bonchev–Trinajstić information content (AvgIpc) is 3.02. The van der Waals surface area contributed by atoms with Crippen molar-refractivity contribution < 1.29 is 0 Å². The van der Waals surface area contributed by atoms with Gasteiger partial charge in [-0.05, 0) is 89.6 Å². The van der Waals surface area contributed by atoms with E-state index in [-0.39, 0.29) is 0 Å². The van der Waals surface area contributed by atoms with E-state index in [0.29, 0.717) is 5.92 Å². The summed E-state index contributed by atoms with van der Waals surface area (Å²) in [5.41, 5.74) is 14.1. The Morgan fingerprint density at radius 1 is 0.610 bits per heavy atom. The Balaban J connectivity index is 0.000000201. The lowest BCUT2D eigenvalue weighted by Crippen LogP contribution is -2.03. The molecule has 1 aliphatic rings. The van der Waals surface area contributed by atoms with Gasteiger partial charge in [-0.15, -0.1) is 0 Å². The van der Waals surface area contributed by atoms with Gasteiger partial charge in [0, 0.05) is 5.92 Å². The zero-order valence-corrected chi connectivity index (χ0v) is 25.3. The van der Waals surface area contributed by atoms with Crippen molar-refractivity contribution in [2.75, 3.05) is 0 Å². The van der Waals surface area contributed by atoms with Crippen molar-refractivity contribution in [2.24, 2.45) is 5.92 Å². The predicted molar refractivity (Wildman–Crippen MR) is 180 cm³/mol. The monoisotopic (exact) mass is 536 g/mol. The van der Waals surface area contributed by atoms with Gasteiger partial charge in [-0.2, -0.15) is 0 Å².